The summed E-state index contributed by atoms with van der Waals surface area (Å²) < 4.78 is 48.2. The van der Waals surface area contributed by atoms with Crippen molar-refractivity contribution in [3.63, 3.8) is 0 Å². The number of nitrogens with one attached hydrogen (secondary N) is 2. The summed E-state index contributed by atoms with van der Waals surface area (Å²) in [5.74, 6) is -0.0981. The Morgan fingerprint density at radius 2 is 1.91 bits per heavy atom. The topological polar surface area (TPSA) is 101 Å². The van der Waals surface area contributed by atoms with Crippen LogP contribution >= 0.6 is 0 Å². The van der Waals surface area contributed by atoms with E-state index in [2.05, 4.69) is 30.8 Å². The molecule has 0 fully saturated rings. The molecule has 8 nitrogen and oxygen atoms in total. The third-order valence-corrected chi connectivity index (χ3v) is 6.48. The zero-order chi connectivity index (χ0) is 25.0. The average molecular weight is 484 g/mol. The van der Waals surface area contributed by atoms with Gasteiger partial charge in [0.1, 0.15) is 5.75 Å². The van der Waals surface area contributed by atoms with Crippen molar-refractivity contribution in [3.05, 3.63) is 70.8 Å². The SMILES string of the molecule is CC[C@]1(c2cccc(Oc3ncccn3)c2)C2=C(CC(C)(C)NC2=O)NC2N=NC(C(F)(F)F)=C21. The highest BCUT2D eigenvalue weighted by Crippen LogP contribution is 2.55. The van der Waals surface area contributed by atoms with Crippen molar-refractivity contribution >= 4 is 5.91 Å². The molecule has 2 atom stereocenters. The third-order valence-electron chi connectivity index (χ3n) is 6.48. The molecule has 1 unspecified atom stereocenters. The predicted octanol–water partition coefficient (Wildman–Crippen LogP) is 4.68. The van der Waals surface area contributed by atoms with E-state index in [1.807, 2.05) is 13.8 Å². The van der Waals surface area contributed by atoms with Crippen molar-refractivity contribution in [1.82, 2.24) is 20.6 Å². The number of allylic oxidation sites excluding steroid dienone is 1. The van der Waals surface area contributed by atoms with Crippen molar-refractivity contribution in [2.45, 2.75) is 56.9 Å². The monoisotopic (exact) mass is 484 g/mol. The normalized spacial score (nSPS) is 25.1. The lowest BCUT2D eigenvalue weighted by Gasteiger charge is -2.48. The number of aromatic nitrogens is 2. The number of nitrogens with zero attached hydrogens (tertiary/aromatic N) is 4. The van der Waals surface area contributed by atoms with Crippen LogP contribution in [0.4, 0.5) is 13.2 Å². The molecule has 4 heterocycles. The number of carbonyl (C=O) groups is 1. The van der Waals surface area contributed by atoms with E-state index in [4.69, 9.17) is 4.74 Å². The first kappa shape index (κ1) is 23.0. The van der Waals surface area contributed by atoms with Gasteiger partial charge in [0.2, 0.25) is 0 Å². The number of amides is 1. The minimum absolute atomic E-state index is 0.0887. The molecule has 3 aliphatic heterocycles. The Labute approximate surface area is 199 Å². The molecule has 11 heteroatoms. The smallest absolute Gasteiger partial charge is 0.424 e. The highest BCUT2D eigenvalue weighted by molar-refractivity contribution is 6.00. The molecule has 0 aliphatic carbocycles. The average Bonchev–Trinajstić information content (AvgIpc) is 3.22. The molecule has 0 spiro atoms. The van der Waals surface area contributed by atoms with Gasteiger partial charge in [0, 0.05) is 35.6 Å². The van der Waals surface area contributed by atoms with Crippen LogP contribution in [0.5, 0.6) is 11.8 Å². The van der Waals surface area contributed by atoms with Gasteiger partial charge in [0.15, 0.2) is 11.9 Å². The van der Waals surface area contributed by atoms with Crippen molar-refractivity contribution in [2.24, 2.45) is 10.2 Å². The molecule has 0 radical (unpaired) electrons. The second-order valence-electron chi connectivity index (χ2n) is 9.31. The molecule has 182 valence electrons. The predicted molar refractivity (Wildman–Crippen MR) is 119 cm³/mol. The summed E-state index contributed by atoms with van der Waals surface area (Å²) in [6.07, 6.45) is -2.17. The lowest BCUT2D eigenvalue weighted by atomic mass is 9.61. The van der Waals surface area contributed by atoms with Crippen LogP contribution in [0.2, 0.25) is 0 Å². The Balaban J connectivity index is 1.75. The van der Waals surface area contributed by atoms with Crippen LogP contribution in [0.25, 0.3) is 0 Å². The number of hydrogen-bond acceptors (Lipinski definition) is 7. The molecule has 0 saturated carbocycles. The van der Waals surface area contributed by atoms with Crippen LogP contribution in [-0.4, -0.2) is 33.8 Å². The van der Waals surface area contributed by atoms with E-state index in [0.29, 0.717) is 23.4 Å². The van der Waals surface area contributed by atoms with Crippen molar-refractivity contribution in [2.75, 3.05) is 0 Å². The van der Waals surface area contributed by atoms with E-state index >= 15 is 0 Å². The van der Waals surface area contributed by atoms with Crippen LogP contribution in [0.3, 0.4) is 0 Å². The van der Waals surface area contributed by atoms with E-state index in [0.717, 1.165) is 0 Å². The number of carbonyl (C=O) groups excluding carboxylic acids is 1. The van der Waals surface area contributed by atoms with E-state index in [9.17, 15) is 18.0 Å². The molecule has 2 N–H and O–H groups in total. The number of hydrogen-bond donors (Lipinski definition) is 2. The van der Waals surface area contributed by atoms with Gasteiger partial charge < -0.3 is 15.4 Å². The number of benzene rings is 1. The summed E-state index contributed by atoms with van der Waals surface area (Å²) in [5.41, 5.74) is -1.92. The molecule has 2 aromatic rings. The van der Waals surface area contributed by atoms with Crippen molar-refractivity contribution in [3.8, 4) is 11.8 Å². The Bertz CT molecular complexity index is 1290. The summed E-state index contributed by atoms with van der Waals surface area (Å²) in [6, 6.07) is 8.38. The molecule has 1 amide bonds. The maximum Gasteiger partial charge on any atom is 0.435 e. The Kier molecular flexibility index (Phi) is 5.19. The van der Waals surface area contributed by atoms with Gasteiger partial charge in [0.25, 0.3) is 5.91 Å². The fourth-order valence-corrected chi connectivity index (χ4v) is 5.20. The summed E-state index contributed by atoms with van der Waals surface area (Å²) in [5, 5.41) is 13.5. The molecule has 0 saturated heterocycles. The molecule has 3 aliphatic rings. The number of fused-ring (bicyclic) bond motifs is 1. The summed E-state index contributed by atoms with van der Waals surface area (Å²) >= 11 is 0. The van der Waals surface area contributed by atoms with Gasteiger partial charge in [-0.05, 0) is 44.0 Å². The Morgan fingerprint density at radius 1 is 1.17 bits per heavy atom. The second kappa shape index (κ2) is 7.89. The highest BCUT2D eigenvalue weighted by Gasteiger charge is 2.57. The van der Waals surface area contributed by atoms with Crippen LogP contribution < -0.4 is 15.4 Å². The maximum atomic E-state index is 14.1. The van der Waals surface area contributed by atoms with E-state index in [1.165, 1.54) is 12.4 Å². The first-order valence-corrected chi connectivity index (χ1v) is 11.2. The summed E-state index contributed by atoms with van der Waals surface area (Å²) in [7, 11) is 0. The quantitative estimate of drug-likeness (QED) is 0.656. The zero-order valence-corrected chi connectivity index (χ0v) is 19.3. The lowest BCUT2D eigenvalue weighted by Crippen LogP contribution is -2.58. The number of alkyl halides is 3. The third kappa shape index (κ3) is 3.75. The highest BCUT2D eigenvalue weighted by atomic mass is 19.4. The lowest BCUT2D eigenvalue weighted by molar-refractivity contribution is -0.120. The first-order chi connectivity index (χ1) is 16.5. The van der Waals surface area contributed by atoms with Crippen molar-refractivity contribution < 1.29 is 22.7 Å². The van der Waals surface area contributed by atoms with Crippen LogP contribution in [0.15, 0.2) is 75.5 Å². The van der Waals surface area contributed by atoms with Crippen LogP contribution in [0.1, 0.15) is 39.2 Å². The fraction of sp³-hybridized carbons (Fsp3) is 0.375. The van der Waals surface area contributed by atoms with Gasteiger partial charge >= 0.3 is 12.2 Å². The summed E-state index contributed by atoms with van der Waals surface area (Å²) in [4.78, 5) is 21.6. The second-order valence-corrected chi connectivity index (χ2v) is 9.31. The minimum atomic E-state index is -4.75. The van der Waals surface area contributed by atoms with Crippen LogP contribution in [0, 0.1) is 0 Å². The number of ether oxygens (including phenoxy) is 1. The van der Waals surface area contributed by atoms with E-state index < -0.39 is 34.9 Å². The standard InChI is InChI=1S/C24H23F3N6O2/c1-4-23(13-7-5-8-14(11-13)35-21-28-9-6-10-29-21)16-15(12-22(2,3)31-20(16)34)30-19-17(23)18(32-33-19)24(25,26)27/h5-11,19,30H,4,12H2,1-3H3,(H,31,34)/t19?,23-/m0/s1. The fourth-order valence-electron chi connectivity index (χ4n) is 5.20. The molecule has 35 heavy (non-hydrogen) atoms. The Hall–Kier alpha value is -3.76. The first-order valence-electron chi connectivity index (χ1n) is 11.2. The molecule has 1 aromatic heterocycles. The van der Waals surface area contributed by atoms with Gasteiger partial charge in [-0.2, -0.15) is 18.3 Å². The van der Waals surface area contributed by atoms with Gasteiger partial charge in [-0.3, -0.25) is 4.79 Å². The number of azo groups is 1. The van der Waals surface area contributed by atoms with Gasteiger partial charge in [-0.25, -0.2) is 9.97 Å². The van der Waals surface area contributed by atoms with E-state index in [-0.39, 0.29) is 23.6 Å². The van der Waals surface area contributed by atoms with Gasteiger partial charge in [-0.15, -0.1) is 5.11 Å². The number of rotatable bonds is 4. The van der Waals surface area contributed by atoms with Gasteiger partial charge in [0.05, 0.1) is 11.0 Å². The summed E-state index contributed by atoms with van der Waals surface area (Å²) in [6.45, 7) is 5.48. The molecular formula is C24H23F3N6O2. The number of halogens is 3. The minimum Gasteiger partial charge on any atom is -0.424 e. The zero-order valence-electron chi connectivity index (χ0n) is 19.3. The molecule has 0 bridgehead atoms. The Morgan fingerprint density at radius 3 is 2.60 bits per heavy atom. The molecular weight excluding hydrogens is 461 g/mol. The van der Waals surface area contributed by atoms with Crippen molar-refractivity contribution in [1.29, 1.82) is 0 Å². The molecule has 5 rings (SSSR count). The van der Waals surface area contributed by atoms with E-state index in [1.54, 1.807) is 37.3 Å². The molecule has 1 aromatic carbocycles. The van der Waals surface area contributed by atoms with Crippen LogP contribution in [-0.2, 0) is 10.2 Å². The van der Waals surface area contributed by atoms with Gasteiger partial charge in [-0.1, -0.05) is 19.1 Å². The largest absolute Gasteiger partial charge is 0.435 e. The maximum absolute atomic E-state index is 14.1.